The van der Waals surface area contributed by atoms with Crippen LogP contribution in [-0.4, -0.2) is 40.4 Å². The van der Waals surface area contributed by atoms with Crippen LogP contribution in [-0.2, 0) is 0 Å². The van der Waals surface area contributed by atoms with E-state index >= 15 is 0 Å². The van der Waals surface area contributed by atoms with Crippen LogP contribution in [0.2, 0.25) is 0 Å². The molecule has 0 aromatic carbocycles. The fourth-order valence-corrected chi connectivity index (χ4v) is 2.66. The maximum atomic E-state index is 12.8. The molecule has 1 fully saturated rings. The molecule has 116 valence electrons. The van der Waals surface area contributed by atoms with Crippen LogP contribution in [0.3, 0.4) is 0 Å². The Bertz CT molecular complexity index is 501. The van der Waals surface area contributed by atoms with Gasteiger partial charge in [-0.1, -0.05) is 27.2 Å². The summed E-state index contributed by atoms with van der Waals surface area (Å²) in [5.74, 6) is 1.61. The molecule has 1 aliphatic rings. The van der Waals surface area contributed by atoms with Crippen molar-refractivity contribution in [3.05, 3.63) is 17.7 Å². The first-order valence-corrected chi connectivity index (χ1v) is 7.96. The van der Waals surface area contributed by atoms with Gasteiger partial charge in [0, 0.05) is 25.6 Å². The Morgan fingerprint density at radius 3 is 2.81 bits per heavy atom. The topological polar surface area (TPSA) is 58.1 Å². The monoisotopic (exact) mass is 290 g/mol. The Morgan fingerprint density at radius 1 is 1.48 bits per heavy atom. The maximum Gasteiger partial charge on any atom is 0.274 e. The summed E-state index contributed by atoms with van der Waals surface area (Å²) in [4.78, 5) is 23.6. The quantitative estimate of drug-likeness (QED) is 0.906. The summed E-state index contributed by atoms with van der Waals surface area (Å²) < 4.78 is 0. The number of carbonyl (C=O) groups is 1. The molecule has 1 saturated heterocycles. The highest BCUT2D eigenvalue weighted by Gasteiger charge is 2.28. The van der Waals surface area contributed by atoms with Crippen molar-refractivity contribution in [2.24, 2.45) is 5.92 Å². The molecule has 5 heteroatoms. The standard InChI is InChI=1S/C16H26N4O/c1-5-12-7-8-20(10-12)16(21)14-13(17-6-2)9-18-15(19-14)11(3)4/h9,11-12,17H,5-8,10H2,1-4H3. The lowest BCUT2D eigenvalue weighted by Gasteiger charge is -2.19. The number of nitrogens with one attached hydrogen (secondary N) is 1. The number of anilines is 1. The van der Waals surface area contributed by atoms with Crippen molar-refractivity contribution in [1.82, 2.24) is 14.9 Å². The normalized spacial score (nSPS) is 18.3. The lowest BCUT2D eigenvalue weighted by molar-refractivity contribution is 0.0781. The molecule has 0 radical (unpaired) electrons. The van der Waals surface area contributed by atoms with E-state index in [1.807, 2.05) is 25.7 Å². The summed E-state index contributed by atoms with van der Waals surface area (Å²) in [6.45, 7) is 10.7. The van der Waals surface area contributed by atoms with Crippen molar-refractivity contribution >= 4 is 11.6 Å². The van der Waals surface area contributed by atoms with Gasteiger partial charge in [-0.05, 0) is 19.3 Å². The number of likely N-dealkylation sites (tertiary alicyclic amines) is 1. The zero-order chi connectivity index (χ0) is 15.4. The van der Waals surface area contributed by atoms with E-state index in [0.717, 1.165) is 44.0 Å². The molecular formula is C16H26N4O. The minimum Gasteiger partial charge on any atom is -0.382 e. The number of hydrogen-bond acceptors (Lipinski definition) is 4. The van der Waals surface area contributed by atoms with Crippen LogP contribution in [0.4, 0.5) is 5.69 Å². The fraction of sp³-hybridized carbons (Fsp3) is 0.688. The van der Waals surface area contributed by atoms with Gasteiger partial charge in [-0.15, -0.1) is 0 Å². The second kappa shape index (κ2) is 6.87. The average Bonchev–Trinajstić information content (AvgIpc) is 2.96. The molecule has 1 amide bonds. The van der Waals surface area contributed by atoms with Gasteiger partial charge in [0.2, 0.25) is 0 Å². The van der Waals surface area contributed by atoms with Crippen molar-refractivity contribution in [2.75, 3.05) is 25.0 Å². The van der Waals surface area contributed by atoms with Gasteiger partial charge in [0.1, 0.15) is 5.82 Å². The molecule has 1 atom stereocenters. The van der Waals surface area contributed by atoms with E-state index in [1.54, 1.807) is 6.20 Å². The van der Waals surface area contributed by atoms with Gasteiger partial charge in [0.15, 0.2) is 5.69 Å². The molecule has 0 spiro atoms. The van der Waals surface area contributed by atoms with Gasteiger partial charge in [-0.2, -0.15) is 0 Å². The molecule has 2 rings (SSSR count). The van der Waals surface area contributed by atoms with Crippen LogP contribution in [0.1, 0.15) is 62.8 Å². The molecule has 1 unspecified atom stereocenters. The lowest BCUT2D eigenvalue weighted by Crippen LogP contribution is -2.30. The van der Waals surface area contributed by atoms with E-state index < -0.39 is 0 Å². The first-order valence-electron chi connectivity index (χ1n) is 7.96. The molecule has 1 aliphatic heterocycles. The number of amides is 1. The third-order valence-electron chi connectivity index (χ3n) is 4.04. The highest BCUT2D eigenvalue weighted by atomic mass is 16.2. The third kappa shape index (κ3) is 3.52. The van der Waals surface area contributed by atoms with Gasteiger partial charge in [-0.25, -0.2) is 9.97 Å². The summed E-state index contributed by atoms with van der Waals surface area (Å²) in [5.41, 5.74) is 1.26. The molecule has 0 bridgehead atoms. The van der Waals surface area contributed by atoms with Gasteiger partial charge in [0.25, 0.3) is 5.91 Å². The van der Waals surface area contributed by atoms with Crippen LogP contribution in [0.5, 0.6) is 0 Å². The SMILES string of the molecule is CCNc1cnc(C(C)C)nc1C(=O)N1CCC(CC)C1. The van der Waals surface area contributed by atoms with Gasteiger partial charge in [0.05, 0.1) is 11.9 Å². The minimum atomic E-state index is 0.0335. The highest BCUT2D eigenvalue weighted by Crippen LogP contribution is 2.23. The second-order valence-electron chi connectivity index (χ2n) is 5.99. The van der Waals surface area contributed by atoms with Crippen LogP contribution in [0, 0.1) is 5.92 Å². The molecule has 0 aliphatic carbocycles. The molecule has 2 heterocycles. The summed E-state index contributed by atoms with van der Waals surface area (Å²) in [5, 5.41) is 3.20. The lowest BCUT2D eigenvalue weighted by atomic mass is 10.1. The van der Waals surface area contributed by atoms with E-state index in [1.165, 1.54) is 0 Å². The zero-order valence-corrected chi connectivity index (χ0v) is 13.5. The average molecular weight is 290 g/mol. The Kier molecular flexibility index (Phi) is 5.15. The molecule has 1 aromatic rings. The summed E-state index contributed by atoms with van der Waals surface area (Å²) in [7, 11) is 0. The van der Waals surface area contributed by atoms with Crippen LogP contribution in [0.25, 0.3) is 0 Å². The number of nitrogens with zero attached hydrogens (tertiary/aromatic N) is 3. The van der Waals surface area contributed by atoms with Gasteiger partial charge in [-0.3, -0.25) is 4.79 Å². The van der Waals surface area contributed by atoms with E-state index in [0.29, 0.717) is 11.6 Å². The number of hydrogen-bond donors (Lipinski definition) is 1. The van der Waals surface area contributed by atoms with E-state index in [4.69, 9.17) is 0 Å². The van der Waals surface area contributed by atoms with Crippen molar-refractivity contribution in [3.63, 3.8) is 0 Å². The minimum absolute atomic E-state index is 0.0335. The van der Waals surface area contributed by atoms with Crippen LogP contribution < -0.4 is 5.32 Å². The maximum absolute atomic E-state index is 12.8. The predicted octanol–water partition coefficient (Wildman–Crippen LogP) is 2.90. The fourth-order valence-electron chi connectivity index (χ4n) is 2.66. The molecule has 5 nitrogen and oxygen atoms in total. The largest absolute Gasteiger partial charge is 0.382 e. The van der Waals surface area contributed by atoms with E-state index in [2.05, 4.69) is 22.2 Å². The van der Waals surface area contributed by atoms with E-state index in [-0.39, 0.29) is 11.8 Å². The number of rotatable bonds is 5. The van der Waals surface area contributed by atoms with Gasteiger partial charge < -0.3 is 10.2 Å². The van der Waals surface area contributed by atoms with Crippen LogP contribution >= 0.6 is 0 Å². The molecular weight excluding hydrogens is 264 g/mol. The first kappa shape index (κ1) is 15.7. The van der Waals surface area contributed by atoms with Crippen LogP contribution in [0.15, 0.2) is 6.20 Å². The second-order valence-corrected chi connectivity index (χ2v) is 5.99. The molecule has 1 aromatic heterocycles. The highest BCUT2D eigenvalue weighted by molar-refractivity contribution is 5.97. The Balaban J connectivity index is 2.27. The summed E-state index contributed by atoms with van der Waals surface area (Å²) in [6.07, 6.45) is 3.97. The van der Waals surface area contributed by atoms with E-state index in [9.17, 15) is 4.79 Å². The molecule has 0 saturated carbocycles. The zero-order valence-electron chi connectivity index (χ0n) is 13.5. The summed E-state index contributed by atoms with van der Waals surface area (Å²) >= 11 is 0. The molecule has 1 N–H and O–H groups in total. The van der Waals surface area contributed by atoms with Crippen molar-refractivity contribution in [3.8, 4) is 0 Å². The predicted molar refractivity (Wildman–Crippen MR) is 84.6 cm³/mol. The number of carbonyl (C=O) groups excluding carboxylic acids is 1. The first-order chi connectivity index (χ1) is 10.1. The van der Waals surface area contributed by atoms with Gasteiger partial charge >= 0.3 is 0 Å². The van der Waals surface area contributed by atoms with Crippen molar-refractivity contribution in [2.45, 2.75) is 46.5 Å². The van der Waals surface area contributed by atoms with Crippen molar-refractivity contribution in [1.29, 1.82) is 0 Å². The third-order valence-corrected chi connectivity index (χ3v) is 4.04. The van der Waals surface area contributed by atoms with Crippen molar-refractivity contribution < 1.29 is 4.79 Å². The molecule has 21 heavy (non-hydrogen) atoms. The Hall–Kier alpha value is -1.65. The summed E-state index contributed by atoms with van der Waals surface area (Å²) in [6, 6.07) is 0. The Morgan fingerprint density at radius 2 is 2.24 bits per heavy atom. The number of aromatic nitrogens is 2. The smallest absolute Gasteiger partial charge is 0.274 e. The Labute approximate surface area is 127 Å².